The average Bonchev–Trinajstić information content (AvgIpc) is 2.55. The summed E-state index contributed by atoms with van der Waals surface area (Å²) in [7, 11) is 3.46. The first kappa shape index (κ1) is 10.8. The molecule has 0 aliphatic rings. The molecule has 0 aliphatic carbocycles. The van der Waals surface area contributed by atoms with Crippen LogP contribution < -0.4 is 5.32 Å². The third-order valence-corrected chi connectivity index (χ3v) is 3.16. The number of rotatable bonds is 2. The van der Waals surface area contributed by atoms with Gasteiger partial charge in [0, 0.05) is 12.7 Å². The molecular formula is C12H15N3S. The van der Waals surface area contributed by atoms with Gasteiger partial charge in [0.2, 0.25) is 0 Å². The first-order valence-electron chi connectivity index (χ1n) is 5.05. The van der Waals surface area contributed by atoms with Crippen molar-refractivity contribution < 1.29 is 0 Å². The average molecular weight is 233 g/mol. The molecule has 0 unspecified atom stereocenters. The van der Waals surface area contributed by atoms with E-state index in [1.54, 1.807) is 0 Å². The van der Waals surface area contributed by atoms with Crippen molar-refractivity contribution in [1.29, 1.82) is 0 Å². The number of para-hydroxylation sites is 1. The summed E-state index contributed by atoms with van der Waals surface area (Å²) in [4.78, 5) is 0. The Kier molecular flexibility index (Phi) is 3.01. The molecule has 1 aromatic heterocycles. The van der Waals surface area contributed by atoms with Crippen molar-refractivity contribution in [2.24, 2.45) is 7.05 Å². The summed E-state index contributed by atoms with van der Waals surface area (Å²) in [6, 6.07) is 10.1. The highest BCUT2D eigenvalue weighted by molar-refractivity contribution is 7.88. The molecule has 84 valence electrons. The van der Waals surface area contributed by atoms with E-state index >= 15 is 0 Å². The number of nitrogens with one attached hydrogen (secondary N) is 2. The predicted octanol–water partition coefficient (Wildman–Crippen LogP) is 3.10. The molecule has 3 nitrogen and oxygen atoms in total. The molecule has 2 rings (SSSR count). The van der Waals surface area contributed by atoms with Crippen LogP contribution in [0.25, 0.3) is 0 Å². The second-order valence-corrected chi connectivity index (χ2v) is 4.29. The van der Waals surface area contributed by atoms with E-state index in [1.165, 1.54) is 10.9 Å². The molecule has 0 saturated carbocycles. The topological polar surface area (TPSA) is 32.8 Å². The third kappa shape index (κ3) is 1.97. The van der Waals surface area contributed by atoms with Crippen molar-refractivity contribution in [1.82, 2.24) is 9.78 Å². The van der Waals surface area contributed by atoms with Crippen molar-refractivity contribution in [3.05, 3.63) is 40.7 Å². The van der Waals surface area contributed by atoms with Gasteiger partial charge in [-0.05, 0) is 24.9 Å². The number of nitrogens with zero attached hydrogens (tertiary/aromatic N) is 1. The zero-order chi connectivity index (χ0) is 11.5. The van der Waals surface area contributed by atoms with Crippen LogP contribution in [-0.4, -0.2) is 15.7 Å². The standard InChI is InChI=1S/C12H15N3S/c1-9-11(12(16-3)15(2)14-9)13-10-7-5-4-6-8-10/h4-8,13-14H,3H2,1-2H3. The summed E-state index contributed by atoms with van der Waals surface area (Å²) in [5.74, 6) is 3.87. The summed E-state index contributed by atoms with van der Waals surface area (Å²) < 4.78 is 3.07. The molecule has 4 heteroatoms. The van der Waals surface area contributed by atoms with Gasteiger partial charge in [-0.1, -0.05) is 18.2 Å². The fourth-order valence-electron chi connectivity index (χ4n) is 1.67. The number of H-pyrrole nitrogens is 1. The van der Waals surface area contributed by atoms with Crippen LogP contribution in [0, 0.1) is 11.6 Å². The van der Waals surface area contributed by atoms with Crippen LogP contribution in [0.4, 0.5) is 11.4 Å². The Balaban J connectivity index is 2.47. The molecule has 0 bridgehead atoms. The van der Waals surface area contributed by atoms with Gasteiger partial charge in [-0.15, -0.1) is 10.9 Å². The maximum atomic E-state index is 3.87. The number of aromatic amines is 1. The van der Waals surface area contributed by atoms with E-state index in [0.717, 1.165) is 21.7 Å². The quantitative estimate of drug-likeness (QED) is 0.768. The second-order valence-electron chi connectivity index (χ2n) is 3.61. The lowest BCUT2D eigenvalue weighted by molar-refractivity contribution is 0.747. The summed E-state index contributed by atoms with van der Waals surface area (Å²) in [6.45, 7) is 2.05. The van der Waals surface area contributed by atoms with E-state index in [4.69, 9.17) is 0 Å². The van der Waals surface area contributed by atoms with Gasteiger partial charge in [0.25, 0.3) is 0 Å². The Morgan fingerprint density at radius 2 is 2.00 bits per heavy atom. The second kappa shape index (κ2) is 4.45. The van der Waals surface area contributed by atoms with Crippen LogP contribution in [0.1, 0.15) is 5.69 Å². The first-order valence-corrected chi connectivity index (χ1v) is 6.03. The fraction of sp³-hybridized carbons (Fsp3) is 0.167. The highest BCUT2D eigenvalue weighted by Gasteiger charge is 2.05. The van der Waals surface area contributed by atoms with Gasteiger partial charge >= 0.3 is 0 Å². The van der Waals surface area contributed by atoms with E-state index in [-0.39, 0.29) is 0 Å². The Hall–Kier alpha value is -1.68. The van der Waals surface area contributed by atoms with E-state index < -0.39 is 0 Å². The Morgan fingerprint density at radius 1 is 1.31 bits per heavy atom. The Bertz CT molecular complexity index is 574. The zero-order valence-electron chi connectivity index (χ0n) is 9.45. The highest BCUT2D eigenvalue weighted by Crippen LogP contribution is 2.21. The van der Waals surface area contributed by atoms with Gasteiger partial charge in [-0.3, -0.25) is 4.68 Å². The van der Waals surface area contributed by atoms with Crippen LogP contribution in [0.2, 0.25) is 0 Å². The van der Waals surface area contributed by atoms with Gasteiger partial charge in [0.1, 0.15) is 4.64 Å². The molecule has 2 aromatic rings. The maximum Gasteiger partial charge on any atom is 0.135 e. The van der Waals surface area contributed by atoms with E-state index in [2.05, 4.69) is 16.3 Å². The third-order valence-electron chi connectivity index (χ3n) is 2.41. The lowest BCUT2D eigenvalue weighted by Crippen LogP contribution is -1.91. The fourth-order valence-corrected chi connectivity index (χ4v) is 2.26. The SMILES string of the molecule is C=S=c1c(Nc2ccccc2)c(C)[nH]n1C. The van der Waals surface area contributed by atoms with Gasteiger partial charge in [-0.25, -0.2) is 0 Å². The molecule has 0 saturated heterocycles. The summed E-state index contributed by atoms with van der Waals surface area (Å²) in [5, 5.41) is 6.64. The summed E-state index contributed by atoms with van der Waals surface area (Å²) in [6.07, 6.45) is 0. The van der Waals surface area contributed by atoms with Crippen molar-refractivity contribution >= 4 is 28.2 Å². The van der Waals surface area contributed by atoms with Crippen LogP contribution in [0.15, 0.2) is 30.3 Å². The molecule has 16 heavy (non-hydrogen) atoms. The first-order chi connectivity index (χ1) is 7.72. The highest BCUT2D eigenvalue weighted by atomic mass is 32.1. The number of aryl methyl sites for hydroxylation is 2. The van der Waals surface area contributed by atoms with E-state index in [0.29, 0.717) is 0 Å². The van der Waals surface area contributed by atoms with Gasteiger partial charge in [0.05, 0.1) is 11.4 Å². The summed E-state index contributed by atoms with van der Waals surface area (Å²) >= 11 is 0. The van der Waals surface area contributed by atoms with Crippen LogP contribution in [0.3, 0.4) is 0 Å². The monoisotopic (exact) mass is 233 g/mol. The number of anilines is 2. The van der Waals surface area contributed by atoms with Crippen molar-refractivity contribution in [3.63, 3.8) is 0 Å². The normalized spacial score (nSPS) is 10.1. The van der Waals surface area contributed by atoms with Gasteiger partial charge in [-0.2, -0.15) is 0 Å². The molecular weight excluding hydrogens is 218 g/mol. The number of benzene rings is 1. The molecule has 0 aliphatic heterocycles. The minimum absolute atomic E-state index is 1.08. The number of hydrogen-bond donors (Lipinski definition) is 2. The minimum Gasteiger partial charge on any atom is -0.352 e. The molecule has 0 amide bonds. The minimum atomic E-state index is 1.08. The van der Waals surface area contributed by atoms with Crippen LogP contribution in [-0.2, 0) is 7.05 Å². The number of hydrogen-bond acceptors (Lipinski definition) is 1. The maximum absolute atomic E-state index is 3.87. The largest absolute Gasteiger partial charge is 0.352 e. The molecule has 0 atom stereocenters. The summed E-state index contributed by atoms with van der Waals surface area (Å²) in [5.41, 5.74) is 3.28. The van der Waals surface area contributed by atoms with Crippen molar-refractivity contribution in [3.8, 4) is 0 Å². The molecule has 2 N–H and O–H groups in total. The van der Waals surface area contributed by atoms with E-state index in [1.807, 2.05) is 49.0 Å². The lowest BCUT2D eigenvalue weighted by atomic mass is 10.3. The van der Waals surface area contributed by atoms with Gasteiger partial charge < -0.3 is 10.4 Å². The van der Waals surface area contributed by atoms with Gasteiger partial charge in [0.15, 0.2) is 0 Å². The Labute approximate surface area is 98.3 Å². The van der Waals surface area contributed by atoms with E-state index in [9.17, 15) is 0 Å². The van der Waals surface area contributed by atoms with Crippen molar-refractivity contribution in [2.75, 3.05) is 5.32 Å². The predicted molar refractivity (Wildman–Crippen MR) is 72.2 cm³/mol. The smallest absolute Gasteiger partial charge is 0.135 e. The molecule has 1 aromatic carbocycles. The molecule has 1 heterocycles. The molecule has 0 fully saturated rings. The zero-order valence-corrected chi connectivity index (χ0v) is 10.3. The lowest BCUT2D eigenvalue weighted by Gasteiger charge is -2.03. The molecule has 0 spiro atoms. The number of aromatic nitrogens is 2. The molecule has 0 radical (unpaired) electrons. The van der Waals surface area contributed by atoms with Crippen LogP contribution >= 0.6 is 10.9 Å². The van der Waals surface area contributed by atoms with Crippen LogP contribution in [0.5, 0.6) is 0 Å². The Morgan fingerprint density at radius 3 is 2.62 bits per heavy atom. The van der Waals surface area contributed by atoms with Crippen molar-refractivity contribution in [2.45, 2.75) is 6.92 Å².